The number of hydrogen-bond donors (Lipinski definition) is 2. The fraction of sp³-hybridized carbons (Fsp3) is 0.200. The van der Waals surface area contributed by atoms with Crippen molar-refractivity contribution in [2.45, 2.75) is 19.9 Å². The van der Waals surface area contributed by atoms with Gasteiger partial charge in [-0.25, -0.2) is 0 Å². The average Bonchev–Trinajstić information content (AvgIpc) is 2.46. The molecule has 0 aliphatic heterocycles. The Morgan fingerprint density at radius 1 is 1.37 bits per heavy atom. The van der Waals surface area contributed by atoms with Crippen LogP contribution in [0.5, 0.6) is 0 Å². The second-order valence-corrected chi connectivity index (χ2v) is 4.23. The van der Waals surface area contributed by atoms with Crippen molar-refractivity contribution in [2.24, 2.45) is 0 Å². The summed E-state index contributed by atoms with van der Waals surface area (Å²) in [6, 6.07) is 11.3. The smallest absolute Gasteiger partial charge is 0.0992 e. The van der Waals surface area contributed by atoms with E-state index in [1.54, 1.807) is 18.3 Å². The fourth-order valence-corrected chi connectivity index (χ4v) is 1.92. The van der Waals surface area contributed by atoms with Crippen molar-refractivity contribution in [2.75, 3.05) is 11.1 Å². The Bertz CT molecular complexity index is 614. The van der Waals surface area contributed by atoms with Crippen molar-refractivity contribution in [1.82, 2.24) is 4.98 Å². The third-order valence-corrected chi connectivity index (χ3v) is 2.99. The van der Waals surface area contributed by atoms with E-state index in [4.69, 9.17) is 11.0 Å². The zero-order valence-corrected chi connectivity index (χ0v) is 10.9. The van der Waals surface area contributed by atoms with Crippen molar-refractivity contribution >= 4 is 11.4 Å². The second-order valence-electron chi connectivity index (χ2n) is 4.23. The lowest BCUT2D eigenvalue weighted by molar-refractivity contribution is 0.972. The topological polar surface area (TPSA) is 74.7 Å². The molecule has 19 heavy (non-hydrogen) atoms. The first-order valence-electron chi connectivity index (χ1n) is 6.21. The lowest BCUT2D eigenvalue weighted by Gasteiger charge is -2.11. The third kappa shape index (κ3) is 3.02. The minimum absolute atomic E-state index is 0.565. The van der Waals surface area contributed by atoms with Gasteiger partial charge in [-0.15, -0.1) is 0 Å². The van der Waals surface area contributed by atoms with Gasteiger partial charge < -0.3 is 11.1 Å². The van der Waals surface area contributed by atoms with Crippen LogP contribution in [-0.4, -0.2) is 4.98 Å². The zero-order chi connectivity index (χ0) is 13.7. The number of nitrogens with zero attached hydrogens (tertiary/aromatic N) is 2. The Morgan fingerprint density at radius 2 is 2.21 bits per heavy atom. The molecular weight excluding hydrogens is 236 g/mol. The number of nitrogens with two attached hydrogens (primary N) is 1. The fourth-order valence-electron chi connectivity index (χ4n) is 1.92. The van der Waals surface area contributed by atoms with Gasteiger partial charge in [0.05, 0.1) is 35.2 Å². The summed E-state index contributed by atoms with van der Waals surface area (Å²) in [4.78, 5) is 4.37. The highest BCUT2D eigenvalue weighted by molar-refractivity contribution is 5.68. The molecule has 2 aromatic rings. The van der Waals surface area contributed by atoms with Gasteiger partial charge in [-0.05, 0) is 36.2 Å². The van der Waals surface area contributed by atoms with Crippen LogP contribution < -0.4 is 11.1 Å². The molecule has 0 spiro atoms. The van der Waals surface area contributed by atoms with E-state index in [0.29, 0.717) is 17.8 Å². The number of anilines is 2. The van der Waals surface area contributed by atoms with Crippen LogP contribution >= 0.6 is 0 Å². The van der Waals surface area contributed by atoms with Crippen LogP contribution in [0.15, 0.2) is 36.5 Å². The zero-order valence-electron chi connectivity index (χ0n) is 10.9. The van der Waals surface area contributed by atoms with Crippen LogP contribution in [-0.2, 0) is 13.0 Å². The minimum atomic E-state index is 0.565. The van der Waals surface area contributed by atoms with Crippen molar-refractivity contribution in [3.63, 3.8) is 0 Å². The monoisotopic (exact) mass is 252 g/mol. The van der Waals surface area contributed by atoms with Gasteiger partial charge in [0.25, 0.3) is 0 Å². The summed E-state index contributed by atoms with van der Waals surface area (Å²) in [5.41, 5.74) is 10.1. The van der Waals surface area contributed by atoms with Crippen molar-refractivity contribution in [3.05, 3.63) is 53.3 Å². The standard InChI is InChI=1S/C15H16N4/c1-2-12-4-3-7-18-15(12)10-19-14-6-5-11(9-16)8-13(14)17/h3-8,19H,2,10,17H2,1H3. The predicted molar refractivity (Wildman–Crippen MR) is 76.5 cm³/mol. The number of pyridine rings is 1. The molecule has 3 N–H and O–H groups in total. The number of hydrogen-bond acceptors (Lipinski definition) is 4. The number of aryl methyl sites for hydroxylation is 1. The molecule has 0 bridgehead atoms. The molecule has 1 heterocycles. The summed E-state index contributed by atoms with van der Waals surface area (Å²) in [6.45, 7) is 2.73. The van der Waals surface area contributed by atoms with E-state index in [-0.39, 0.29) is 0 Å². The van der Waals surface area contributed by atoms with Crippen LogP contribution in [0, 0.1) is 11.3 Å². The Balaban J connectivity index is 2.13. The molecule has 0 fully saturated rings. The van der Waals surface area contributed by atoms with E-state index in [2.05, 4.69) is 29.4 Å². The first kappa shape index (κ1) is 12.9. The highest BCUT2D eigenvalue weighted by atomic mass is 14.9. The summed E-state index contributed by atoms with van der Waals surface area (Å²) in [6.07, 6.45) is 2.74. The minimum Gasteiger partial charge on any atom is -0.397 e. The van der Waals surface area contributed by atoms with Crippen LogP contribution in [0.3, 0.4) is 0 Å². The molecule has 2 rings (SSSR count). The van der Waals surface area contributed by atoms with E-state index in [9.17, 15) is 0 Å². The summed E-state index contributed by atoms with van der Waals surface area (Å²) < 4.78 is 0. The molecule has 96 valence electrons. The maximum atomic E-state index is 8.79. The lowest BCUT2D eigenvalue weighted by atomic mass is 10.1. The lowest BCUT2D eigenvalue weighted by Crippen LogP contribution is -2.06. The predicted octanol–water partition coefficient (Wildman–Crippen LogP) is 2.71. The summed E-state index contributed by atoms with van der Waals surface area (Å²) in [5.74, 6) is 0. The molecule has 4 nitrogen and oxygen atoms in total. The van der Waals surface area contributed by atoms with Gasteiger partial charge in [-0.2, -0.15) is 5.26 Å². The number of nitrogen functional groups attached to an aromatic ring is 1. The molecule has 1 aromatic carbocycles. The van der Waals surface area contributed by atoms with Gasteiger partial charge in [0, 0.05) is 6.20 Å². The number of nitrogens with one attached hydrogen (secondary N) is 1. The normalized spacial score (nSPS) is 9.89. The van der Waals surface area contributed by atoms with Crippen LogP contribution in [0.2, 0.25) is 0 Å². The molecule has 1 aromatic heterocycles. The van der Waals surface area contributed by atoms with Gasteiger partial charge in [0.1, 0.15) is 0 Å². The maximum absolute atomic E-state index is 8.79. The van der Waals surface area contributed by atoms with Gasteiger partial charge >= 0.3 is 0 Å². The van der Waals surface area contributed by atoms with E-state index < -0.39 is 0 Å². The molecule has 0 amide bonds. The van der Waals surface area contributed by atoms with E-state index in [1.165, 1.54) is 5.56 Å². The molecule has 0 saturated heterocycles. The largest absolute Gasteiger partial charge is 0.397 e. The van der Waals surface area contributed by atoms with Crippen LogP contribution in [0.25, 0.3) is 0 Å². The molecule has 0 radical (unpaired) electrons. The Hall–Kier alpha value is -2.54. The highest BCUT2D eigenvalue weighted by Crippen LogP contribution is 2.20. The van der Waals surface area contributed by atoms with Crippen LogP contribution in [0.1, 0.15) is 23.7 Å². The van der Waals surface area contributed by atoms with Gasteiger partial charge in [-0.1, -0.05) is 13.0 Å². The van der Waals surface area contributed by atoms with E-state index in [1.807, 2.05) is 12.1 Å². The number of rotatable bonds is 4. The first-order valence-corrected chi connectivity index (χ1v) is 6.21. The van der Waals surface area contributed by atoms with E-state index in [0.717, 1.165) is 17.8 Å². The van der Waals surface area contributed by atoms with Gasteiger partial charge in [0.2, 0.25) is 0 Å². The van der Waals surface area contributed by atoms with Crippen molar-refractivity contribution < 1.29 is 0 Å². The Morgan fingerprint density at radius 3 is 2.89 bits per heavy atom. The molecule has 0 aliphatic rings. The molecule has 4 heteroatoms. The maximum Gasteiger partial charge on any atom is 0.0992 e. The van der Waals surface area contributed by atoms with Gasteiger partial charge in [-0.3, -0.25) is 4.98 Å². The Kier molecular flexibility index (Phi) is 3.99. The second kappa shape index (κ2) is 5.87. The molecule has 0 atom stereocenters. The molecular formula is C15H16N4. The molecule has 0 unspecified atom stereocenters. The molecule has 0 aliphatic carbocycles. The quantitative estimate of drug-likeness (QED) is 0.820. The van der Waals surface area contributed by atoms with Crippen LogP contribution in [0.4, 0.5) is 11.4 Å². The van der Waals surface area contributed by atoms with E-state index >= 15 is 0 Å². The number of aromatic nitrogens is 1. The Labute approximate surface area is 112 Å². The summed E-state index contributed by atoms with van der Waals surface area (Å²) >= 11 is 0. The molecule has 0 saturated carbocycles. The summed E-state index contributed by atoms with van der Waals surface area (Å²) in [5, 5.41) is 12.1. The number of nitriles is 1. The third-order valence-electron chi connectivity index (χ3n) is 2.99. The highest BCUT2D eigenvalue weighted by Gasteiger charge is 2.04. The van der Waals surface area contributed by atoms with Crippen molar-refractivity contribution in [1.29, 1.82) is 5.26 Å². The number of benzene rings is 1. The van der Waals surface area contributed by atoms with Crippen molar-refractivity contribution in [3.8, 4) is 6.07 Å². The first-order chi connectivity index (χ1) is 9.24. The average molecular weight is 252 g/mol. The SMILES string of the molecule is CCc1cccnc1CNc1ccc(C#N)cc1N. The van der Waals surface area contributed by atoms with Gasteiger partial charge in [0.15, 0.2) is 0 Å². The summed E-state index contributed by atoms with van der Waals surface area (Å²) in [7, 11) is 0.